The van der Waals surface area contributed by atoms with Crippen LogP contribution in [-0.4, -0.2) is 64.2 Å². The second kappa shape index (κ2) is 8.22. The topological polar surface area (TPSA) is 72.3 Å². The number of amides is 1. The first-order chi connectivity index (χ1) is 12.1. The minimum atomic E-state index is -0.117. The summed E-state index contributed by atoms with van der Waals surface area (Å²) in [5, 5.41) is 2.97. The van der Waals surface area contributed by atoms with E-state index in [0.717, 1.165) is 19.6 Å². The van der Waals surface area contributed by atoms with E-state index < -0.39 is 0 Å². The fourth-order valence-corrected chi connectivity index (χ4v) is 2.99. The summed E-state index contributed by atoms with van der Waals surface area (Å²) < 4.78 is 7.55. The lowest BCUT2D eigenvalue weighted by atomic mass is 10.1. The third-order valence-corrected chi connectivity index (χ3v) is 4.11. The molecule has 0 aromatic carbocycles. The van der Waals surface area contributed by atoms with Gasteiger partial charge < -0.3 is 10.1 Å². The van der Waals surface area contributed by atoms with Crippen molar-refractivity contribution < 1.29 is 9.53 Å². The van der Waals surface area contributed by atoms with Crippen LogP contribution in [0.4, 0.5) is 0 Å². The molecule has 2 aromatic rings. The highest BCUT2D eigenvalue weighted by molar-refractivity contribution is 5.94. The molecule has 0 radical (unpaired) electrons. The molecule has 7 heteroatoms. The van der Waals surface area contributed by atoms with Crippen LogP contribution in [0.3, 0.4) is 0 Å². The molecule has 3 heterocycles. The summed E-state index contributed by atoms with van der Waals surface area (Å²) in [6.45, 7) is 8.54. The molecule has 1 N–H and O–H groups in total. The van der Waals surface area contributed by atoms with Gasteiger partial charge in [-0.15, -0.1) is 0 Å². The van der Waals surface area contributed by atoms with Crippen LogP contribution in [0, 0.1) is 5.92 Å². The van der Waals surface area contributed by atoms with Crippen LogP contribution in [0.2, 0.25) is 0 Å². The largest absolute Gasteiger partial charge is 0.374 e. The third kappa shape index (κ3) is 4.87. The molecule has 1 aliphatic rings. The normalized spacial score (nSPS) is 18.4. The fourth-order valence-electron chi connectivity index (χ4n) is 2.99. The van der Waals surface area contributed by atoms with Gasteiger partial charge >= 0.3 is 0 Å². The summed E-state index contributed by atoms with van der Waals surface area (Å²) >= 11 is 0. The van der Waals surface area contributed by atoms with Gasteiger partial charge in [-0.3, -0.25) is 14.3 Å². The van der Waals surface area contributed by atoms with Gasteiger partial charge in [-0.2, -0.15) is 0 Å². The first-order valence-electron chi connectivity index (χ1n) is 8.68. The first kappa shape index (κ1) is 17.6. The van der Waals surface area contributed by atoms with Gasteiger partial charge in [-0.05, 0) is 18.1 Å². The Morgan fingerprint density at radius 1 is 1.44 bits per heavy atom. The lowest BCUT2D eigenvalue weighted by molar-refractivity contribution is -0.0295. The zero-order valence-electron chi connectivity index (χ0n) is 14.8. The summed E-state index contributed by atoms with van der Waals surface area (Å²) in [6.07, 6.45) is 6.79. The molecule has 25 heavy (non-hydrogen) atoms. The highest BCUT2D eigenvalue weighted by atomic mass is 16.5. The van der Waals surface area contributed by atoms with E-state index in [0.29, 0.717) is 30.5 Å². The summed E-state index contributed by atoms with van der Waals surface area (Å²) in [4.78, 5) is 23.1. The van der Waals surface area contributed by atoms with Crippen molar-refractivity contribution in [1.82, 2.24) is 24.8 Å². The third-order valence-electron chi connectivity index (χ3n) is 4.11. The smallest absolute Gasteiger partial charge is 0.251 e. The number of ether oxygens (including phenoxy) is 1. The highest BCUT2D eigenvalue weighted by Crippen LogP contribution is 2.09. The number of carbonyl (C=O) groups excluding carboxylic acids is 1. The summed E-state index contributed by atoms with van der Waals surface area (Å²) in [5.41, 5.74) is 0.577. The molecule has 1 unspecified atom stereocenters. The van der Waals surface area contributed by atoms with Crippen molar-refractivity contribution in [3.05, 3.63) is 42.6 Å². The zero-order valence-corrected chi connectivity index (χ0v) is 14.8. The molecule has 1 atom stereocenters. The second-order valence-corrected chi connectivity index (χ2v) is 6.73. The van der Waals surface area contributed by atoms with Crippen LogP contribution in [0.25, 0.3) is 5.82 Å². The highest BCUT2D eigenvalue weighted by Gasteiger charge is 2.21. The molecule has 134 valence electrons. The minimum Gasteiger partial charge on any atom is -0.374 e. The molecule has 2 aromatic heterocycles. The molecule has 1 saturated heterocycles. The number of hydrogen-bond acceptors (Lipinski definition) is 5. The van der Waals surface area contributed by atoms with Crippen molar-refractivity contribution in [2.75, 3.05) is 32.8 Å². The van der Waals surface area contributed by atoms with Crippen molar-refractivity contribution >= 4 is 5.91 Å². The van der Waals surface area contributed by atoms with E-state index in [1.165, 1.54) is 0 Å². The molecule has 1 fully saturated rings. The van der Waals surface area contributed by atoms with Crippen LogP contribution in [0.15, 0.2) is 37.1 Å². The van der Waals surface area contributed by atoms with E-state index in [2.05, 4.69) is 34.0 Å². The Balaban J connectivity index is 1.55. The van der Waals surface area contributed by atoms with Gasteiger partial charge in [-0.1, -0.05) is 13.8 Å². The molecule has 1 amide bonds. The van der Waals surface area contributed by atoms with E-state index >= 15 is 0 Å². The molecular weight excluding hydrogens is 318 g/mol. The van der Waals surface area contributed by atoms with E-state index in [1.54, 1.807) is 41.6 Å². The predicted octanol–water partition coefficient (Wildman–Crippen LogP) is 1.35. The Labute approximate surface area is 148 Å². The van der Waals surface area contributed by atoms with Gasteiger partial charge in [0, 0.05) is 50.3 Å². The number of rotatable bonds is 6. The minimum absolute atomic E-state index is 0.0337. The molecule has 3 rings (SSSR count). The monoisotopic (exact) mass is 343 g/mol. The lowest BCUT2D eigenvalue weighted by Gasteiger charge is -2.33. The second-order valence-electron chi connectivity index (χ2n) is 6.73. The molecular formula is C18H25N5O2. The SMILES string of the molecule is CC(C)CN1CCOC(CNC(=O)c2ccnc(-n3ccnc3)c2)C1. The maximum atomic E-state index is 12.4. The average Bonchev–Trinajstić information content (AvgIpc) is 3.14. The van der Waals surface area contributed by atoms with Gasteiger partial charge in [0.1, 0.15) is 12.1 Å². The van der Waals surface area contributed by atoms with Gasteiger partial charge in [-0.25, -0.2) is 9.97 Å². The Morgan fingerprint density at radius 2 is 2.32 bits per heavy atom. The number of hydrogen-bond donors (Lipinski definition) is 1. The van der Waals surface area contributed by atoms with E-state index in [4.69, 9.17) is 4.74 Å². The average molecular weight is 343 g/mol. The zero-order chi connectivity index (χ0) is 17.6. The maximum absolute atomic E-state index is 12.4. The number of carbonyl (C=O) groups is 1. The van der Waals surface area contributed by atoms with Crippen LogP contribution in [0.5, 0.6) is 0 Å². The number of morpholine rings is 1. The Kier molecular flexibility index (Phi) is 5.78. The van der Waals surface area contributed by atoms with Crippen LogP contribution < -0.4 is 5.32 Å². The standard InChI is InChI=1S/C18H25N5O2/c1-14(2)11-22-7-8-25-16(12-22)10-21-18(24)15-3-4-20-17(9-15)23-6-5-19-13-23/h3-6,9,13-14,16H,7-8,10-12H2,1-2H3,(H,21,24). The molecule has 7 nitrogen and oxygen atoms in total. The Bertz CT molecular complexity index is 687. The Morgan fingerprint density at radius 3 is 3.08 bits per heavy atom. The van der Waals surface area contributed by atoms with Crippen molar-refractivity contribution in [1.29, 1.82) is 0 Å². The number of nitrogens with one attached hydrogen (secondary N) is 1. The van der Waals surface area contributed by atoms with Gasteiger partial charge in [0.25, 0.3) is 5.91 Å². The van der Waals surface area contributed by atoms with Crippen LogP contribution in [0.1, 0.15) is 24.2 Å². The number of nitrogens with zero attached hydrogens (tertiary/aromatic N) is 4. The van der Waals surface area contributed by atoms with Crippen molar-refractivity contribution in [2.45, 2.75) is 20.0 Å². The molecule has 0 aliphatic carbocycles. The van der Waals surface area contributed by atoms with Crippen molar-refractivity contribution in [3.63, 3.8) is 0 Å². The number of aromatic nitrogens is 3. The quantitative estimate of drug-likeness (QED) is 0.857. The predicted molar refractivity (Wildman–Crippen MR) is 94.7 cm³/mol. The molecule has 0 spiro atoms. The van der Waals surface area contributed by atoms with Gasteiger partial charge in [0.2, 0.25) is 0 Å². The molecule has 0 bridgehead atoms. The number of imidazole rings is 1. The van der Waals surface area contributed by atoms with Gasteiger partial charge in [0.15, 0.2) is 0 Å². The molecule has 1 aliphatic heterocycles. The van der Waals surface area contributed by atoms with Crippen LogP contribution in [-0.2, 0) is 4.74 Å². The van der Waals surface area contributed by atoms with E-state index in [9.17, 15) is 4.79 Å². The van der Waals surface area contributed by atoms with Crippen molar-refractivity contribution in [2.24, 2.45) is 5.92 Å². The van der Waals surface area contributed by atoms with Crippen LogP contribution >= 0.6 is 0 Å². The maximum Gasteiger partial charge on any atom is 0.251 e. The van der Waals surface area contributed by atoms with E-state index in [1.807, 2.05) is 0 Å². The first-order valence-corrected chi connectivity index (χ1v) is 8.68. The van der Waals surface area contributed by atoms with E-state index in [-0.39, 0.29) is 12.0 Å². The Hall–Kier alpha value is -2.25. The number of pyridine rings is 1. The van der Waals surface area contributed by atoms with Crippen molar-refractivity contribution in [3.8, 4) is 5.82 Å². The fraction of sp³-hybridized carbons (Fsp3) is 0.500. The summed E-state index contributed by atoms with van der Waals surface area (Å²) in [7, 11) is 0. The lowest BCUT2D eigenvalue weighted by Crippen LogP contribution is -2.48. The van der Waals surface area contributed by atoms with Gasteiger partial charge in [0.05, 0.1) is 12.7 Å². The summed E-state index contributed by atoms with van der Waals surface area (Å²) in [6, 6.07) is 3.46. The summed E-state index contributed by atoms with van der Waals surface area (Å²) in [5.74, 6) is 1.18. The molecule has 0 saturated carbocycles.